The molecule has 0 spiro atoms. The maximum absolute atomic E-state index is 12.7. The minimum atomic E-state index is -0.796. The summed E-state index contributed by atoms with van der Waals surface area (Å²) in [5, 5.41) is 0. The van der Waals surface area contributed by atoms with Gasteiger partial charge in [-0.1, -0.05) is 191 Å². The number of carbonyl (C=O) groups excluding carboxylic acids is 3. The lowest BCUT2D eigenvalue weighted by atomic mass is 10.1. The molecular weight excluding hydrogens is 721 g/mol. The summed E-state index contributed by atoms with van der Waals surface area (Å²) in [5.74, 6) is -0.962. The van der Waals surface area contributed by atoms with Gasteiger partial charge < -0.3 is 14.2 Å². The van der Waals surface area contributed by atoms with E-state index in [1.165, 1.54) is 109 Å². The van der Waals surface area contributed by atoms with Crippen molar-refractivity contribution < 1.29 is 28.6 Å². The van der Waals surface area contributed by atoms with E-state index in [0.717, 1.165) is 77.0 Å². The molecule has 0 fully saturated rings. The number of rotatable bonds is 43. The molecule has 6 nitrogen and oxygen atoms in total. The quantitative estimate of drug-likeness (QED) is 0.0264. The van der Waals surface area contributed by atoms with Gasteiger partial charge in [-0.25, -0.2) is 0 Å². The van der Waals surface area contributed by atoms with Gasteiger partial charge in [-0.3, -0.25) is 14.4 Å². The first-order valence-corrected chi connectivity index (χ1v) is 24.3. The van der Waals surface area contributed by atoms with Crippen molar-refractivity contribution in [2.45, 2.75) is 239 Å². The summed E-state index contributed by atoms with van der Waals surface area (Å²) >= 11 is 0. The predicted octanol–water partition coefficient (Wildman–Crippen LogP) is 15.7. The third-order valence-corrected chi connectivity index (χ3v) is 10.2. The summed E-state index contributed by atoms with van der Waals surface area (Å²) in [6, 6.07) is 0. The van der Waals surface area contributed by atoms with Crippen molar-refractivity contribution in [3.05, 3.63) is 60.8 Å². The van der Waals surface area contributed by atoms with Gasteiger partial charge in [0.15, 0.2) is 6.10 Å². The van der Waals surface area contributed by atoms with Crippen LogP contribution in [0.1, 0.15) is 233 Å². The maximum Gasteiger partial charge on any atom is 0.306 e. The number of carbonyl (C=O) groups is 3. The lowest BCUT2D eigenvalue weighted by Crippen LogP contribution is -2.30. The highest BCUT2D eigenvalue weighted by molar-refractivity contribution is 5.71. The van der Waals surface area contributed by atoms with Crippen LogP contribution in [0.5, 0.6) is 0 Å². The zero-order valence-electron chi connectivity index (χ0n) is 38.0. The lowest BCUT2D eigenvalue weighted by molar-refractivity contribution is -0.167. The Balaban J connectivity index is 4.46. The molecular formula is C52H90O6. The molecule has 0 aliphatic rings. The van der Waals surface area contributed by atoms with Crippen LogP contribution in [-0.4, -0.2) is 37.2 Å². The molecule has 0 saturated heterocycles. The van der Waals surface area contributed by atoms with E-state index in [1.54, 1.807) is 0 Å². The van der Waals surface area contributed by atoms with Crippen LogP contribution in [0.3, 0.4) is 0 Å². The average Bonchev–Trinajstić information content (AvgIpc) is 3.22. The second kappa shape index (κ2) is 46.8. The first-order chi connectivity index (χ1) is 28.5. The van der Waals surface area contributed by atoms with Gasteiger partial charge in [-0.2, -0.15) is 0 Å². The number of hydrogen-bond donors (Lipinski definition) is 0. The highest BCUT2D eigenvalue weighted by Crippen LogP contribution is 2.14. The molecule has 0 aliphatic heterocycles. The van der Waals surface area contributed by atoms with Crippen LogP contribution < -0.4 is 0 Å². The molecule has 58 heavy (non-hydrogen) atoms. The Morgan fingerprint density at radius 2 is 0.638 bits per heavy atom. The van der Waals surface area contributed by atoms with E-state index in [9.17, 15) is 14.4 Å². The summed E-state index contributed by atoms with van der Waals surface area (Å²) < 4.78 is 16.7. The van der Waals surface area contributed by atoms with Crippen LogP contribution in [0.25, 0.3) is 0 Å². The van der Waals surface area contributed by atoms with Crippen molar-refractivity contribution in [3.63, 3.8) is 0 Å². The number of ether oxygens (including phenoxy) is 3. The predicted molar refractivity (Wildman–Crippen MR) is 247 cm³/mol. The molecule has 1 atom stereocenters. The van der Waals surface area contributed by atoms with Crippen LogP contribution in [0.15, 0.2) is 60.8 Å². The lowest BCUT2D eigenvalue weighted by Gasteiger charge is -2.18. The largest absolute Gasteiger partial charge is 0.462 e. The third-order valence-electron chi connectivity index (χ3n) is 10.2. The monoisotopic (exact) mass is 811 g/mol. The molecule has 0 aromatic rings. The summed E-state index contributed by atoms with van der Waals surface area (Å²) in [6.45, 7) is 6.52. The Kier molecular flexibility index (Phi) is 44.5. The molecule has 0 rings (SSSR count). The Hall–Kier alpha value is -2.89. The zero-order chi connectivity index (χ0) is 42.3. The smallest absolute Gasteiger partial charge is 0.306 e. The first kappa shape index (κ1) is 55.1. The molecule has 0 aromatic heterocycles. The highest BCUT2D eigenvalue weighted by Gasteiger charge is 2.19. The second-order valence-corrected chi connectivity index (χ2v) is 16.0. The highest BCUT2D eigenvalue weighted by atomic mass is 16.6. The fraction of sp³-hybridized carbons (Fsp3) is 0.750. The Bertz CT molecular complexity index is 1070. The van der Waals surface area contributed by atoms with Crippen molar-refractivity contribution in [2.24, 2.45) is 0 Å². The molecule has 0 bridgehead atoms. The molecule has 0 unspecified atom stereocenters. The average molecular weight is 811 g/mol. The van der Waals surface area contributed by atoms with Crippen molar-refractivity contribution in [3.8, 4) is 0 Å². The fourth-order valence-electron chi connectivity index (χ4n) is 6.55. The maximum atomic E-state index is 12.7. The SMILES string of the molecule is CCCCC/C=C\C/C=C\C/C=C\C/C=C\CCCC(=O)OC[C@@H](COC(=O)CCCCCCCCCCCCC)OC(=O)CCCCCCC/C=C\CCCCC. The van der Waals surface area contributed by atoms with Crippen LogP contribution in [0, 0.1) is 0 Å². The van der Waals surface area contributed by atoms with Crippen molar-refractivity contribution in [2.75, 3.05) is 13.2 Å². The Labute approximate surface area is 358 Å². The van der Waals surface area contributed by atoms with Crippen molar-refractivity contribution in [1.29, 1.82) is 0 Å². The molecule has 334 valence electrons. The number of esters is 3. The number of allylic oxidation sites excluding steroid dienone is 10. The number of unbranched alkanes of at least 4 members (excludes halogenated alkanes) is 22. The van der Waals surface area contributed by atoms with Crippen molar-refractivity contribution >= 4 is 17.9 Å². The number of hydrogen-bond acceptors (Lipinski definition) is 6. The van der Waals surface area contributed by atoms with Gasteiger partial charge >= 0.3 is 17.9 Å². The molecule has 0 heterocycles. The molecule has 6 heteroatoms. The van der Waals surface area contributed by atoms with E-state index in [2.05, 4.69) is 81.5 Å². The summed E-state index contributed by atoms with van der Waals surface area (Å²) in [6.07, 6.45) is 56.3. The molecule has 0 saturated carbocycles. The van der Waals surface area contributed by atoms with E-state index < -0.39 is 6.10 Å². The fourth-order valence-corrected chi connectivity index (χ4v) is 6.55. The summed E-state index contributed by atoms with van der Waals surface area (Å²) in [5.41, 5.74) is 0. The second-order valence-electron chi connectivity index (χ2n) is 16.0. The first-order valence-electron chi connectivity index (χ1n) is 24.3. The van der Waals surface area contributed by atoms with Crippen LogP contribution in [0.2, 0.25) is 0 Å². The minimum Gasteiger partial charge on any atom is -0.462 e. The summed E-state index contributed by atoms with van der Waals surface area (Å²) in [7, 11) is 0. The van der Waals surface area contributed by atoms with Crippen LogP contribution >= 0.6 is 0 Å². The van der Waals surface area contributed by atoms with Gasteiger partial charge in [-0.15, -0.1) is 0 Å². The van der Waals surface area contributed by atoms with Crippen molar-refractivity contribution in [1.82, 2.24) is 0 Å². The minimum absolute atomic E-state index is 0.0932. The Morgan fingerprint density at radius 3 is 1.09 bits per heavy atom. The van der Waals surface area contributed by atoms with E-state index >= 15 is 0 Å². The van der Waals surface area contributed by atoms with E-state index in [4.69, 9.17) is 14.2 Å². The molecule has 0 aromatic carbocycles. The van der Waals surface area contributed by atoms with Gasteiger partial charge in [0.1, 0.15) is 13.2 Å². The van der Waals surface area contributed by atoms with Crippen LogP contribution in [-0.2, 0) is 28.6 Å². The van der Waals surface area contributed by atoms with E-state index in [1.807, 2.05) is 0 Å². The van der Waals surface area contributed by atoms with Gasteiger partial charge in [0, 0.05) is 19.3 Å². The van der Waals surface area contributed by atoms with Gasteiger partial charge in [0.2, 0.25) is 0 Å². The van der Waals surface area contributed by atoms with Gasteiger partial charge in [0.05, 0.1) is 0 Å². The van der Waals surface area contributed by atoms with Gasteiger partial charge in [0.25, 0.3) is 0 Å². The molecule has 0 aliphatic carbocycles. The van der Waals surface area contributed by atoms with E-state index in [-0.39, 0.29) is 37.5 Å². The normalized spacial score (nSPS) is 12.5. The van der Waals surface area contributed by atoms with Crippen LogP contribution in [0.4, 0.5) is 0 Å². The topological polar surface area (TPSA) is 78.9 Å². The summed E-state index contributed by atoms with van der Waals surface area (Å²) in [4.78, 5) is 37.8. The zero-order valence-corrected chi connectivity index (χ0v) is 38.0. The molecule has 0 radical (unpaired) electrons. The molecule has 0 N–H and O–H groups in total. The third kappa shape index (κ3) is 44.2. The van der Waals surface area contributed by atoms with Gasteiger partial charge in [-0.05, 0) is 83.5 Å². The van der Waals surface area contributed by atoms with E-state index in [0.29, 0.717) is 19.3 Å². The Morgan fingerprint density at radius 1 is 0.345 bits per heavy atom. The standard InChI is InChI=1S/C52H90O6/c1-4-7-10-13-16-19-22-24-25-26-27-28-31-33-36-39-42-45-51(54)57-48-49(47-56-50(53)44-41-38-35-32-29-21-18-15-12-9-6-3)58-52(55)46-43-40-37-34-30-23-20-17-14-11-8-5-2/h16-17,19-20,24-25,27-28,33,36,49H,4-15,18,21-23,26,29-32,34-35,37-48H2,1-3H3/b19-16-,20-17-,25-24-,28-27-,36-33-/t49-/m1/s1. The molecule has 0 amide bonds.